The maximum Gasteiger partial charge on any atom is 0.310 e. The summed E-state index contributed by atoms with van der Waals surface area (Å²) in [6.45, 7) is 0.692. The van der Waals surface area contributed by atoms with E-state index in [-0.39, 0.29) is 23.8 Å². The van der Waals surface area contributed by atoms with Crippen molar-refractivity contribution in [1.29, 1.82) is 0 Å². The Morgan fingerprint density at radius 1 is 1.39 bits per heavy atom. The molecule has 0 radical (unpaired) electrons. The van der Waals surface area contributed by atoms with Crippen LogP contribution < -0.4 is 0 Å². The van der Waals surface area contributed by atoms with Crippen LogP contribution in [0.4, 0.5) is 3.89 Å². The lowest BCUT2D eigenvalue weighted by molar-refractivity contribution is -0.150. The third-order valence-corrected chi connectivity index (χ3v) is 5.85. The maximum atomic E-state index is 12.5. The number of carbonyl (C=O) groups excluding carboxylic acids is 1. The van der Waals surface area contributed by atoms with Gasteiger partial charge in [-0.15, -0.1) is 0 Å². The van der Waals surface area contributed by atoms with Gasteiger partial charge >= 0.3 is 5.97 Å². The van der Waals surface area contributed by atoms with E-state index in [0.717, 1.165) is 24.8 Å². The second-order valence-electron chi connectivity index (χ2n) is 6.29. The topological polar surface area (TPSA) is 29.5 Å². The largest absolute Gasteiger partial charge is 0.469 e. The molecule has 2 saturated heterocycles. The number of fused-ring (bicyclic) bond motifs is 2. The molecule has 0 amide bonds. The first-order valence-electron chi connectivity index (χ1n) is 7.98. The minimum absolute atomic E-state index is 0.145. The Morgan fingerprint density at radius 3 is 2.78 bits per heavy atom. The first kappa shape index (κ1) is 17.1. The van der Waals surface area contributed by atoms with Crippen molar-refractivity contribution >= 4 is 29.7 Å². The summed E-state index contributed by atoms with van der Waals surface area (Å²) in [6, 6.07) is 8.34. The Morgan fingerprint density at radius 2 is 2.13 bits per heavy atom. The molecule has 3 nitrogen and oxygen atoms in total. The summed E-state index contributed by atoms with van der Waals surface area (Å²) in [5.41, 5.74) is 1.14. The van der Waals surface area contributed by atoms with Gasteiger partial charge in [0.1, 0.15) is 0 Å². The van der Waals surface area contributed by atoms with Crippen LogP contribution in [0, 0.1) is 5.92 Å². The van der Waals surface area contributed by atoms with Gasteiger partial charge in [0.2, 0.25) is 0 Å². The Hall–Kier alpha value is -0.780. The number of carbonyl (C=O) groups is 1. The molecule has 126 valence electrons. The summed E-state index contributed by atoms with van der Waals surface area (Å²) in [7, 11) is 1.45. The number of benzene rings is 1. The second kappa shape index (κ2) is 7.41. The van der Waals surface area contributed by atoms with Gasteiger partial charge in [-0.1, -0.05) is 23.7 Å². The zero-order valence-electron chi connectivity index (χ0n) is 13.1. The summed E-state index contributed by atoms with van der Waals surface area (Å²) in [4.78, 5) is 14.8. The highest BCUT2D eigenvalue weighted by Crippen LogP contribution is 2.47. The zero-order valence-corrected chi connectivity index (χ0v) is 14.7. The van der Waals surface area contributed by atoms with Gasteiger partial charge in [0.25, 0.3) is 0 Å². The van der Waals surface area contributed by atoms with E-state index < -0.39 is 0 Å². The van der Waals surface area contributed by atoms with Gasteiger partial charge in [0.15, 0.2) is 0 Å². The molecule has 4 atom stereocenters. The van der Waals surface area contributed by atoms with Crippen molar-refractivity contribution in [2.24, 2.45) is 5.92 Å². The lowest BCUT2D eigenvalue weighted by Crippen LogP contribution is -2.51. The van der Waals surface area contributed by atoms with E-state index in [9.17, 15) is 8.68 Å². The average molecular weight is 358 g/mol. The van der Waals surface area contributed by atoms with E-state index >= 15 is 0 Å². The molecule has 4 unspecified atom stereocenters. The van der Waals surface area contributed by atoms with Crippen molar-refractivity contribution in [3.63, 3.8) is 0 Å². The molecule has 2 fully saturated rings. The van der Waals surface area contributed by atoms with E-state index in [1.165, 1.54) is 7.11 Å². The van der Waals surface area contributed by atoms with Crippen molar-refractivity contribution in [1.82, 2.24) is 4.90 Å². The first-order chi connectivity index (χ1) is 11.2. The van der Waals surface area contributed by atoms with Gasteiger partial charge in [-0.05, 0) is 37.0 Å². The van der Waals surface area contributed by atoms with Crippen LogP contribution in [0.25, 0.3) is 0 Å². The zero-order chi connectivity index (χ0) is 16.4. The molecule has 3 rings (SSSR count). The van der Waals surface area contributed by atoms with Crippen LogP contribution in [0.1, 0.15) is 30.7 Å². The van der Waals surface area contributed by atoms with Crippen LogP contribution in [0.2, 0.25) is 5.02 Å². The Bertz CT molecular complexity index is 556. The third-order valence-electron chi connectivity index (χ3n) is 5.26. The molecule has 1 aromatic rings. The number of halogens is 2. The lowest BCUT2D eigenvalue weighted by atomic mass is 9.76. The number of hydrogen-bond donors (Lipinski definition) is 0. The molecule has 2 bridgehead atoms. The highest BCUT2D eigenvalue weighted by molar-refractivity contribution is 7.94. The number of methoxy groups -OCH3 is 1. The monoisotopic (exact) mass is 357 g/mol. The molecule has 1 aromatic carbocycles. The average Bonchev–Trinajstić information content (AvgIpc) is 2.84. The van der Waals surface area contributed by atoms with Crippen LogP contribution in [-0.2, 0) is 9.53 Å². The van der Waals surface area contributed by atoms with Crippen LogP contribution in [0.5, 0.6) is 0 Å². The van der Waals surface area contributed by atoms with Crippen molar-refractivity contribution in [2.75, 3.05) is 19.4 Å². The summed E-state index contributed by atoms with van der Waals surface area (Å²) in [5, 5.41) is 0.698. The molecule has 2 heterocycles. The SMILES string of the molecule is COC(=O)C1C(c2ccc(Cl)cc2)CC2CCC1N2CCSF. The first-order valence-corrected chi connectivity index (χ1v) is 9.24. The van der Waals surface area contributed by atoms with E-state index in [4.69, 9.17) is 16.3 Å². The Balaban J connectivity index is 1.88. The van der Waals surface area contributed by atoms with Crippen LogP contribution >= 0.6 is 23.7 Å². The Kier molecular flexibility index (Phi) is 5.49. The standard InChI is InChI=1S/C17H21ClFNO2S/c1-22-17(21)16-14(11-2-4-12(18)5-3-11)10-13-6-7-15(16)20(13)8-9-23-19/h2-5,13-16H,6-10H2,1H3. The highest BCUT2D eigenvalue weighted by Gasteiger charge is 2.50. The Labute approximate surface area is 145 Å². The minimum Gasteiger partial charge on any atom is -0.469 e. The number of hydrogen-bond acceptors (Lipinski definition) is 4. The second-order valence-corrected chi connectivity index (χ2v) is 7.36. The third kappa shape index (κ3) is 3.37. The fourth-order valence-electron chi connectivity index (χ4n) is 4.31. The van der Waals surface area contributed by atoms with Crippen molar-refractivity contribution in [3.8, 4) is 0 Å². The number of piperidine rings is 1. The molecule has 0 saturated carbocycles. The summed E-state index contributed by atoms with van der Waals surface area (Å²) in [6.07, 6.45) is 2.96. The van der Waals surface area contributed by atoms with Gasteiger partial charge in [0.05, 0.1) is 13.0 Å². The molecule has 0 aromatic heterocycles. The predicted molar refractivity (Wildman–Crippen MR) is 91.4 cm³/mol. The van der Waals surface area contributed by atoms with Gasteiger partial charge in [-0.25, -0.2) is 0 Å². The lowest BCUT2D eigenvalue weighted by Gasteiger charge is -2.43. The van der Waals surface area contributed by atoms with Crippen LogP contribution in [-0.4, -0.2) is 42.4 Å². The van der Waals surface area contributed by atoms with E-state index in [1.54, 1.807) is 0 Å². The molecular weight excluding hydrogens is 337 g/mol. The summed E-state index contributed by atoms with van der Waals surface area (Å²) in [5.74, 6) is 0.246. The van der Waals surface area contributed by atoms with E-state index in [1.807, 2.05) is 24.3 Å². The number of rotatable bonds is 5. The van der Waals surface area contributed by atoms with Crippen molar-refractivity contribution in [3.05, 3.63) is 34.9 Å². The molecular formula is C17H21ClFNO2S. The summed E-state index contributed by atoms with van der Waals surface area (Å²) >= 11 is 6.36. The van der Waals surface area contributed by atoms with Crippen LogP contribution in [0.15, 0.2) is 24.3 Å². The van der Waals surface area contributed by atoms with Gasteiger partial charge in [-0.3, -0.25) is 9.69 Å². The van der Waals surface area contributed by atoms with E-state index in [0.29, 0.717) is 35.5 Å². The summed E-state index contributed by atoms with van der Waals surface area (Å²) < 4.78 is 17.6. The minimum atomic E-state index is -0.190. The smallest absolute Gasteiger partial charge is 0.310 e. The maximum absolute atomic E-state index is 12.5. The molecule has 23 heavy (non-hydrogen) atoms. The molecule has 6 heteroatoms. The van der Waals surface area contributed by atoms with Crippen molar-refractivity contribution in [2.45, 2.75) is 37.3 Å². The molecule has 0 N–H and O–H groups in total. The molecule has 0 aliphatic carbocycles. The number of ether oxygens (including phenoxy) is 1. The molecule has 2 aliphatic heterocycles. The predicted octanol–water partition coefficient (Wildman–Crippen LogP) is 4.07. The normalized spacial score (nSPS) is 30.4. The number of nitrogens with zero attached hydrogens (tertiary/aromatic N) is 1. The fourth-order valence-corrected chi connectivity index (χ4v) is 4.72. The molecule has 2 aliphatic rings. The van der Waals surface area contributed by atoms with Crippen LogP contribution in [0.3, 0.4) is 0 Å². The van der Waals surface area contributed by atoms with Crippen molar-refractivity contribution < 1.29 is 13.4 Å². The van der Waals surface area contributed by atoms with Gasteiger partial charge < -0.3 is 4.74 Å². The fraction of sp³-hybridized carbons (Fsp3) is 0.588. The van der Waals surface area contributed by atoms with Gasteiger partial charge in [-0.2, -0.15) is 3.89 Å². The quantitative estimate of drug-likeness (QED) is 0.743. The highest BCUT2D eigenvalue weighted by atomic mass is 35.5. The molecule has 0 spiro atoms. The number of esters is 1. The van der Waals surface area contributed by atoms with E-state index in [2.05, 4.69) is 4.90 Å². The van der Waals surface area contributed by atoms with Gasteiger partial charge in [0, 0.05) is 47.5 Å².